The lowest BCUT2D eigenvalue weighted by molar-refractivity contribution is -0.146. The third-order valence-corrected chi connectivity index (χ3v) is 7.41. The van der Waals surface area contributed by atoms with Crippen LogP contribution in [0.2, 0.25) is 0 Å². The first-order valence-electron chi connectivity index (χ1n) is 14.2. The quantitative estimate of drug-likeness (QED) is 0.165. The SMILES string of the molecule is COCCCOc1cc(C(=O)[C@@H](CC(NC(=O)Oc2ccccc2)C2C[C@@H](C(C)C)C(=O)O2)C(C)C)ccc1OC. The molecule has 1 amide bonds. The van der Waals surface area contributed by atoms with E-state index in [0.29, 0.717) is 48.9 Å². The van der Waals surface area contributed by atoms with Crippen LogP contribution in [0.25, 0.3) is 0 Å². The number of ether oxygens (including phenoxy) is 5. The van der Waals surface area contributed by atoms with Gasteiger partial charge in [0, 0.05) is 31.6 Å². The van der Waals surface area contributed by atoms with Gasteiger partial charge in [-0.3, -0.25) is 9.59 Å². The van der Waals surface area contributed by atoms with Crippen molar-refractivity contribution in [3.8, 4) is 17.2 Å². The highest BCUT2D eigenvalue weighted by Crippen LogP contribution is 2.34. The standard InChI is InChI=1S/C32H43NO8/c1-20(2)24(30(34)22-13-14-27(38-6)29(17-22)39-16-10-15-37-5)18-26(28-19-25(21(3)4)31(35)41-28)33-32(36)40-23-11-8-7-9-12-23/h7-9,11-14,17,20-21,24-26,28H,10,15-16,18-19H2,1-6H3,(H,33,36)/t24-,25-,26?,28?/m0/s1. The first-order valence-corrected chi connectivity index (χ1v) is 14.2. The largest absolute Gasteiger partial charge is 0.493 e. The molecule has 1 aliphatic rings. The van der Waals surface area contributed by atoms with Gasteiger partial charge in [-0.05, 0) is 55.0 Å². The number of carbonyl (C=O) groups is 3. The van der Waals surface area contributed by atoms with Gasteiger partial charge in [-0.15, -0.1) is 0 Å². The maximum Gasteiger partial charge on any atom is 0.412 e. The molecule has 2 unspecified atom stereocenters. The van der Waals surface area contributed by atoms with Crippen LogP contribution in [0, 0.1) is 23.7 Å². The van der Waals surface area contributed by atoms with Crippen LogP contribution in [0.4, 0.5) is 4.79 Å². The molecule has 0 aliphatic carbocycles. The summed E-state index contributed by atoms with van der Waals surface area (Å²) in [6, 6.07) is 13.2. The molecule has 2 aromatic rings. The number of para-hydroxylation sites is 1. The average molecular weight is 570 g/mol. The second kappa shape index (κ2) is 15.4. The Kier molecular flexibility index (Phi) is 12.0. The van der Waals surface area contributed by atoms with Crippen LogP contribution in [0.1, 0.15) is 57.3 Å². The van der Waals surface area contributed by atoms with E-state index in [1.165, 1.54) is 0 Å². The summed E-state index contributed by atoms with van der Waals surface area (Å²) < 4.78 is 27.6. The molecule has 0 radical (unpaired) electrons. The predicted octanol–water partition coefficient (Wildman–Crippen LogP) is 5.70. The van der Waals surface area contributed by atoms with Crippen LogP contribution in [0.5, 0.6) is 17.2 Å². The van der Waals surface area contributed by atoms with Gasteiger partial charge in [-0.25, -0.2) is 4.79 Å². The smallest absolute Gasteiger partial charge is 0.412 e. The molecule has 0 saturated carbocycles. The number of methoxy groups -OCH3 is 2. The van der Waals surface area contributed by atoms with E-state index in [0.717, 1.165) is 0 Å². The van der Waals surface area contributed by atoms with Gasteiger partial charge >= 0.3 is 12.1 Å². The van der Waals surface area contributed by atoms with Gasteiger partial charge in [0.15, 0.2) is 17.3 Å². The molecule has 9 heteroatoms. The molecule has 1 N–H and O–H groups in total. The van der Waals surface area contributed by atoms with Gasteiger partial charge in [-0.2, -0.15) is 0 Å². The van der Waals surface area contributed by atoms with Crippen molar-refractivity contribution in [1.82, 2.24) is 5.32 Å². The molecule has 9 nitrogen and oxygen atoms in total. The number of ketones is 1. The molecule has 1 saturated heterocycles. The Morgan fingerprint density at radius 2 is 1.73 bits per heavy atom. The lowest BCUT2D eigenvalue weighted by Gasteiger charge is -2.29. The number of esters is 1. The maximum atomic E-state index is 13.9. The molecule has 41 heavy (non-hydrogen) atoms. The van der Waals surface area contributed by atoms with E-state index in [1.54, 1.807) is 56.7 Å². The Morgan fingerprint density at radius 3 is 2.34 bits per heavy atom. The number of carbonyl (C=O) groups excluding carboxylic acids is 3. The van der Waals surface area contributed by atoms with E-state index < -0.39 is 24.2 Å². The van der Waals surface area contributed by atoms with Crippen LogP contribution >= 0.6 is 0 Å². The number of benzene rings is 2. The third kappa shape index (κ3) is 8.95. The molecule has 0 aromatic heterocycles. The molecule has 2 aromatic carbocycles. The summed E-state index contributed by atoms with van der Waals surface area (Å²) in [5.41, 5.74) is 0.473. The van der Waals surface area contributed by atoms with Crippen LogP contribution in [0.3, 0.4) is 0 Å². The lowest BCUT2D eigenvalue weighted by Crippen LogP contribution is -2.47. The molecule has 1 heterocycles. The zero-order valence-electron chi connectivity index (χ0n) is 24.9. The van der Waals surface area contributed by atoms with E-state index in [2.05, 4.69) is 5.32 Å². The second-order valence-corrected chi connectivity index (χ2v) is 11.0. The summed E-state index contributed by atoms with van der Waals surface area (Å²) >= 11 is 0. The van der Waals surface area contributed by atoms with Crippen LogP contribution in [-0.2, 0) is 14.3 Å². The van der Waals surface area contributed by atoms with Gasteiger partial charge < -0.3 is 29.0 Å². The average Bonchev–Trinajstić information content (AvgIpc) is 3.35. The Bertz CT molecular complexity index is 1150. The zero-order chi connectivity index (χ0) is 29.9. The number of cyclic esters (lactones) is 1. The van der Waals surface area contributed by atoms with Crippen molar-refractivity contribution in [2.24, 2.45) is 23.7 Å². The molecule has 3 rings (SSSR count). The second-order valence-electron chi connectivity index (χ2n) is 11.0. The van der Waals surface area contributed by atoms with Crippen molar-refractivity contribution < 1.29 is 38.1 Å². The maximum absolute atomic E-state index is 13.9. The van der Waals surface area contributed by atoms with E-state index in [-0.39, 0.29) is 35.9 Å². The first kappa shape index (κ1) is 31.9. The Morgan fingerprint density at radius 1 is 1.00 bits per heavy atom. The molecule has 0 spiro atoms. The fourth-order valence-electron chi connectivity index (χ4n) is 5.00. The monoisotopic (exact) mass is 569 g/mol. The molecule has 4 atom stereocenters. The number of nitrogens with one attached hydrogen (secondary N) is 1. The van der Waals surface area contributed by atoms with Crippen molar-refractivity contribution in [2.45, 2.75) is 59.1 Å². The highest BCUT2D eigenvalue weighted by Gasteiger charge is 2.42. The van der Waals surface area contributed by atoms with Crippen molar-refractivity contribution >= 4 is 17.8 Å². The van der Waals surface area contributed by atoms with Gasteiger partial charge in [0.1, 0.15) is 11.9 Å². The minimum atomic E-state index is -0.670. The highest BCUT2D eigenvalue weighted by atomic mass is 16.6. The van der Waals surface area contributed by atoms with Crippen molar-refractivity contribution in [3.05, 3.63) is 54.1 Å². The normalized spacial score (nSPS) is 18.1. The van der Waals surface area contributed by atoms with Crippen LogP contribution in [0.15, 0.2) is 48.5 Å². The van der Waals surface area contributed by atoms with Gasteiger partial charge in [0.05, 0.1) is 25.7 Å². The van der Waals surface area contributed by atoms with Crippen molar-refractivity contribution in [1.29, 1.82) is 0 Å². The van der Waals surface area contributed by atoms with E-state index in [4.69, 9.17) is 23.7 Å². The van der Waals surface area contributed by atoms with Crippen LogP contribution < -0.4 is 19.5 Å². The molecule has 1 aliphatic heterocycles. The topological polar surface area (TPSA) is 109 Å². The van der Waals surface area contributed by atoms with Gasteiger partial charge in [-0.1, -0.05) is 45.9 Å². The predicted molar refractivity (Wildman–Crippen MR) is 154 cm³/mol. The zero-order valence-corrected chi connectivity index (χ0v) is 24.9. The molecule has 0 bridgehead atoms. The van der Waals surface area contributed by atoms with E-state index >= 15 is 0 Å². The summed E-state index contributed by atoms with van der Waals surface area (Å²) in [6.45, 7) is 8.84. The summed E-state index contributed by atoms with van der Waals surface area (Å²) in [5.74, 6) is 0.272. The summed E-state index contributed by atoms with van der Waals surface area (Å²) in [5, 5.41) is 2.90. The summed E-state index contributed by atoms with van der Waals surface area (Å²) in [6.07, 6.45) is 0.155. The fourth-order valence-corrected chi connectivity index (χ4v) is 5.00. The van der Waals surface area contributed by atoms with Gasteiger partial charge in [0.25, 0.3) is 0 Å². The lowest BCUT2D eigenvalue weighted by atomic mass is 9.80. The number of hydrogen-bond acceptors (Lipinski definition) is 8. The minimum absolute atomic E-state index is 0.0666. The van der Waals surface area contributed by atoms with Crippen molar-refractivity contribution in [3.63, 3.8) is 0 Å². The fraction of sp³-hybridized carbons (Fsp3) is 0.531. The van der Waals surface area contributed by atoms with Crippen LogP contribution in [-0.4, -0.2) is 57.4 Å². The molecular weight excluding hydrogens is 526 g/mol. The molecule has 1 fully saturated rings. The number of rotatable bonds is 15. The highest BCUT2D eigenvalue weighted by molar-refractivity contribution is 5.98. The summed E-state index contributed by atoms with van der Waals surface area (Å²) in [4.78, 5) is 39.5. The van der Waals surface area contributed by atoms with Crippen molar-refractivity contribution in [2.75, 3.05) is 27.4 Å². The Hall–Kier alpha value is -3.59. The molecular formula is C32H43NO8. The Labute approximate surface area is 242 Å². The minimum Gasteiger partial charge on any atom is -0.493 e. The van der Waals surface area contributed by atoms with E-state index in [1.807, 2.05) is 33.8 Å². The third-order valence-electron chi connectivity index (χ3n) is 7.41. The first-order chi connectivity index (χ1) is 19.6. The Balaban J connectivity index is 1.84. The number of Topliss-reactive ketones (excluding diaryl/α,β-unsaturated/α-hetero) is 1. The number of amides is 1. The summed E-state index contributed by atoms with van der Waals surface area (Å²) in [7, 11) is 3.18. The molecule has 224 valence electrons. The van der Waals surface area contributed by atoms with Gasteiger partial charge in [0.2, 0.25) is 0 Å². The van der Waals surface area contributed by atoms with E-state index in [9.17, 15) is 14.4 Å². The number of hydrogen-bond donors (Lipinski definition) is 1.